The molecule has 3 heterocycles. The van der Waals surface area contributed by atoms with E-state index in [1.807, 2.05) is 0 Å². The Bertz CT molecular complexity index is 2790. The molecule has 10 rings (SSSR count). The van der Waals surface area contributed by atoms with E-state index in [0.29, 0.717) is 5.82 Å². The molecule has 5 heteroatoms. The van der Waals surface area contributed by atoms with E-state index in [0.717, 1.165) is 82.4 Å². The van der Waals surface area contributed by atoms with Crippen LogP contribution in [0.15, 0.2) is 152 Å². The molecule has 46 heavy (non-hydrogen) atoms. The molecule has 5 nitrogen and oxygen atoms in total. The first kappa shape index (κ1) is 25.0. The smallest absolute Gasteiger partial charge is 0.183 e. The van der Waals surface area contributed by atoms with Crippen molar-refractivity contribution in [2.75, 3.05) is 0 Å². The summed E-state index contributed by atoms with van der Waals surface area (Å²) in [6, 6.07) is 53.1. The molecule has 0 fully saturated rings. The largest absolute Gasteiger partial charge is 0.308 e. The van der Waals surface area contributed by atoms with Crippen molar-refractivity contribution in [2.24, 2.45) is 0 Å². The average Bonchev–Trinajstić information content (AvgIpc) is 3.66. The Hall–Kier alpha value is -6.33. The molecule has 0 aliphatic heterocycles. The fraction of sp³-hybridized carbons (Fsp3) is 0. The van der Waals surface area contributed by atoms with E-state index in [4.69, 9.17) is 15.2 Å². The number of fused-ring (bicyclic) bond motifs is 11. The Kier molecular flexibility index (Phi) is 5.22. The van der Waals surface area contributed by atoms with Crippen molar-refractivity contribution in [2.45, 2.75) is 0 Å². The van der Waals surface area contributed by atoms with Gasteiger partial charge in [0.1, 0.15) is 11.0 Å². The zero-order valence-electron chi connectivity index (χ0n) is 24.7. The molecule has 214 valence electrons. The van der Waals surface area contributed by atoms with Crippen LogP contribution in [0.25, 0.3) is 88.2 Å². The van der Waals surface area contributed by atoms with Crippen molar-refractivity contribution >= 4 is 65.4 Å². The van der Waals surface area contributed by atoms with Crippen LogP contribution in [0, 0.1) is 0 Å². The highest BCUT2D eigenvalue weighted by molar-refractivity contribution is 6.35. The zero-order valence-corrected chi connectivity index (χ0v) is 24.7. The number of nitrogens with zero attached hydrogens (tertiary/aromatic N) is 5. The summed E-state index contributed by atoms with van der Waals surface area (Å²) >= 11 is 0. The predicted molar refractivity (Wildman–Crippen MR) is 189 cm³/mol. The Morgan fingerprint density at radius 3 is 1.63 bits per heavy atom. The first-order valence-corrected chi connectivity index (χ1v) is 15.5. The molecule has 0 N–H and O–H groups in total. The fourth-order valence-corrected chi connectivity index (χ4v) is 7.30. The van der Waals surface area contributed by atoms with Crippen LogP contribution in [0.1, 0.15) is 0 Å². The van der Waals surface area contributed by atoms with Gasteiger partial charge in [0.15, 0.2) is 5.82 Å². The van der Waals surface area contributed by atoms with Crippen molar-refractivity contribution in [1.29, 1.82) is 0 Å². The summed E-state index contributed by atoms with van der Waals surface area (Å²) in [5.41, 5.74) is 9.11. The molecule has 0 radical (unpaired) electrons. The Labute approximate surface area is 263 Å². The molecule has 10 aromatic rings. The Morgan fingerprint density at radius 2 is 0.935 bits per heavy atom. The van der Waals surface area contributed by atoms with E-state index < -0.39 is 0 Å². The third-order valence-corrected chi connectivity index (χ3v) is 9.19. The van der Waals surface area contributed by atoms with Gasteiger partial charge in [-0.3, -0.25) is 0 Å². The third-order valence-electron chi connectivity index (χ3n) is 9.19. The van der Waals surface area contributed by atoms with Gasteiger partial charge < -0.3 is 9.13 Å². The number of hydrogen-bond donors (Lipinski definition) is 0. The highest BCUT2D eigenvalue weighted by Crippen LogP contribution is 2.46. The van der Waals surface area contributed by atoms with Gasteiger partial charge in [-0.2, -0.15) is 0 Å². The molecule has 0 saturated carbocycles. The van der Waals surface area contributed by atoms with Crippen LogP contribution in [0.4, 0.5) is 0 Å². The highest BCUT2D eigenvalue weighted by Gasteiger charge is 2.26. The molecule has 0 spiro atoms. The van der Waals surface area contributed by atoms with E-state index in [9.17, 15) is 0 Å². The molecule has 7 aromatic carbocycles. The zero-order chi connectivity index (χ0) is 30.2. The lowest BCUT2D eigenvalue weighted by Crippen LogP contribution is -2.00. The van der Waals surface area contributed by atoms with Gasteiger partial charge in [-0.1, -0.05) is 115 Å². The van der Waals surface area contributed by atoms with Crippen LogP contribution in [0.5, 0.6) is 0 Å². The van der Waals surface area contributed by atoms with Crippen molar-refractivity contribution in [3.8, 4) is 22.8 Å². The van der Waals surface area contributed by atoms with Crippen molar-refractivity contribution in [1.82, 2.24) is 24.3 Å². The average molecular weight is 588 g/mol. The highest BCUT2D eigenvalue weighted by atomic mass is 15.2. The SMILES string of the molecule is c1ccc(-n2c3ccccc3c3c2c2nnc(-c4cccc5ccccc45)nc2c2c4ccccc4n(-c4ccccc4)c23)cc1. The minimum atomic E-state index is 0.615. The molecule has 0 bridgehead atoms. The topological polar surface area (TPSA) is 48.5 Å². The summed E-state index contributed by atoms with van der Waals surface area (Å²) in [6.07, 6.45) is 0. The van der Waals surface area contributed by atoms with E-state index in [1.165, 1.54) is 0 Å². The van der Waals surface area contributed by atoms with Crippen molar-refractivity contribution in [3.05, 3.63) is 152 Å². The van der Waals surface area contributed by atoms with Gasteiger partial charge in [0.25, 0.3) is 0 Å². The van der Waals surface area contributed by atoms with E-state index in [2.05, 4.69) is 161 Å². The van der Waals surface area contributed by atoms with Gasteiger partial charge in [0.05, 0.1) is 22.1 Å². The summed E-state index contributed by atoms with van der Waals surface area (Å²) in [5.74, 6) is 0.615. The number of para-hydroxylation sites is 4. The van der Waals surface area contributed by atoms with E-state index in [1.54, 1.807) is 0 Å². The van der Waals surface area contributed by atoms with Gasteiger partial charge >= 0.3 is 0 Å². The van der Waals surface area contributed by atoms with Gasteiger partial charge in [0, 0.05) is 38.5 Å². The quantitative estimate of drug-likeness (QED) is 0.207. The van der Waals surface area contributed by atoms with Gasteiger partial charge in [-0.15, -0.1) is 10.2 Å². The Balaban J connectivity index is 1.49. The maximum absolute atomic E-state index is 5.44. The minimum Gasteiger partial charge on any atom is -0.308 e. The third kappa shape index (κ3) is 3.42. The second-order valence-electron chi connectivity index (χ2n) is 11.7. The van der Waals surface area contributed by atoms with Gasteiger partial charge in [0.2, 0.25) is 0 Å². The molecule has 0 saturated heterocycles. The van der Waals surface area contributed by atoms with Crippen LogP contribution in [0.2, 0.25) is 0 Å². The maximum atomic E-state index is 5.44. The lowest BCUT2D eigenvalue weighted by Gasteiger charge is -2.12. The van der Waals surface area contributed by atoms with E-state index >= 15 is 0 Å². The molecular formula is C41H25N5. The van der Waals surface area contributed by atoms with Crippen LogP contribution in [0.3, 0.4) is 0 Å². The predicted octanol–water partition coefficient (Wildman–Crippen LogP) is 10.0. The molecule has 3 aromatic heterocycles. The summed E-state index contributed by atoms with van der Waals surface area (Å²) in [6.45, 7) is 0. The molecule has 0 atom stereocenters. The molecule has 0 aliphatic rings. The number of benzene rings is 7. The van der Waals surface area contributed by atoms with Gasteiger partial charge in [-0.25, -0.2) is 4.98 Å². The van der Waals surface area contributed by atoms with Crippen molar-refractivity contribution in [3.63, 3.8) is 0 Å². The Morgan fingerprint density at radius 1 is 0.391 bits per heavy atom. The lowest BCUT2D eigenvalue weighted by molar-refractivity contribution is 1.03. The molecule has 0 aliphatic carbocycles. The summed E-state index contributed by atoms with van der Waals surface area (Å²) < 4.78 is 4.72. The fourth-order valence-electron chi connectivity index (χ4n) is 7.30. The van der Waals surface area contributed by atoms with Gasteiger partial charge in [-0.05, 0) is 47.2 Å². The van der Waals surface area contributed by atoms with Crippen molar-refractivity contribution < 1.29 is 0 Å². The second kappa shape index (κ2) is 9.58. The normalized spacial score (nSPS) is 11.9. The summed E-state index contributed by atoms with van der Waals surface area (Å²) in [4.78, 5) is 5.44. The van der Waals surface area contributed by atoms with E-state index in [-0.39, 0.29) is 0 Å². The summed E-state index contributed by atoms with van der Waals surface area (Å²) in [5, 5.41) is 16.7. The molecule has 0 unspecified atom stereocenters. The van der Waals surface area contributed by atoms with Crippen LogP contribution in [-0.4, -0.2) is 24.3 Å². The molecular weight excluding hydrogens is 562 g/mol. The van der Waals surface area contributed by atoms with Crippen LogP contribution in [-0.2, 0) is 0 Å². The number of hydrogen-bond acceptors (Lipinski definition) is 3. The number of rotatable bonds is 3. The molecule has 0 amide bonds. The second-order valence-corrected chi connectivity index (χ2v) is 11.7. The number of aromatic nitrogens is 5. The maximum Gasteiger partial charge on any atom is 0.183 e. The lowest BCUT2D eigenvalue weighted by atomic mass is 10.0. The first-order valence-electron chi connectivity index (χ1n) is 15.5. The van der Waals surface area contributed by atoms with Crippen LogP contribution < -0.4 is 0 Å². The standard InChI is InChI=1S/C41H25N5/c1-3-16-27(17-4-1)45-33-24-11-9-21-31(33)35-37-38(43-44-41(42-37)30-23-13-15-26-14-7-8-20-29(26)30)40-36(39(35)45)32-22-10-12-25-34(32)46(40)28-18-5-2-6-19-28/h1-25H. The monoisotopic (exact) mass is 587 g/mol. The first-order chi connectivity index (χ1) is 22.9. The summed E-state index contributed by atoms with van der Waals surface area (Å²) in [7, 11) is 0. The van der Waals surface area contributed by atoms with Crippen LogP contribution >= 0.6 is 0 Å². The minimum absolute atomic E-state index is 0.615.